The Kier molecular flexibility index (Phi) is 4.89. The van der Waals surface area contributed by atoms with Gasteiger partial charge in [0.25, 0.3) is 10.0 Å². The number of nitrogens with two attached hydrogens (primary N) is 1. The third-order valence-electron chi connectivity index (χ3n) is 3.25. The van der Waals surface area contributed by atoms with Crippen LogP contribution in [-0.2, 0) is 16.4 Å². The molecule has 1 heterocycles. The first kappa shape index (κ1) is 15.1. The Morgan fingerprint density at radius 2 is 2.00 bits per heavy atom. The Morgan fingerprint density at radius 1 is 1.39 bits per heavy atom. The summed E-state index contributed by atoms with van der Waals surface area (Å²) in [5.41, 5.74) is 5.56. The first-order chi connectivity index (χ1) is 8.37. The molecule has 0 aliphatic carbocycles. The number of H-pyrrole nitrogens is 1. The second kappa shape index (κ2) is 5.81. The molecule has 1 aromatic rings. The minimum absolute atomic E-state index is 0.0916. The zero-order valence-electron chi connectivity index (χ0n) is 11.2. The zero-order chi connectivity index (χ0) is 13.8. The molecule has 7 heteroatoms. The molecule has 0 aromatic carbocycles. The van der Waals surface area contributed by atoms with Gasteiger partial charge in [-0.1, -0.05) is 20.8 Å². The maximum Gasteiger partial charge on any atom is 0.257 e. The molecule has 0 aliphatic rings. The SMILES string of the molecule is CCc1ncc(S(=O)(=O)NCC(N)(CC)CC)[nH]1. The van der Waals surface area contributed by atoms with Crippen molar-refractivity contribution in [2.24, 2.45) is 5.73 Å². The Balaban J connectivity index is 2.77. The molecule has 0 spiro atoms. The Hall–Kier alpha value is -0.920. The van der Waals surface area contributed by atoms with Crippen LogP contribution in [0.25, 0.3) is 0 Å². The number of aromatic nitrogens is 2. The van der Waals surface area contributed by atoms with Crippen LogP contribution in [0.2, 0.25) is 0 Å². The third-order valence-corrected chi connectivity index (χ3v) is 4.56. The van der Waals surface area contributed by atoms with Crippen LogP contribution in [0.5, 0.6) is 0 Å². The summed E-state index contributed by atoms with van der Waals surface area (Å²) >= 11 is 0. The Bertz CT molecular complexity index is 477. The van der Waals surface area contributed by atoms with Crippen molar-refractivity contribution in [3.05, 3.63) is 12.0 Å². The molecule has 6 nitrogen and oxygen atoms in total. The van der Waals surface area contributed by atoms with Crippen molar-refractivity contribution in [1.29, 1.82) is 0 Å². The van der Waals surface area contributed by atoms with Crippen LogP contribution < -0.4 is 10.5 Å². The number of imidazole rings is 1. The van der Waals surface area contributed by atoms with Crippen LogP contribution >= 0.6 is 0 Å². The van der Waals surface area contributed by atoms with Gasteiger partial charge < -0.3 is 10.7 Å². The monoisotopic (exact) mass is 274 g/mol. The minimum atomic E-state index is -3.55. The van der Waals surface area contributed by atoms with Crippen molar-refractivity contribution in [3.8, 4) is 0 Å². The van der Waals surface area contributed by atoms with Gasteiger partial charge in [-0.3, -0.25) is 0 Å². The number of nitrogens with zero attached hydrogens (tertiary/aromatic N) is 1. The van der Waals surface area contributed by atoms with Gasteiger partial charge in [-0.25, -0.2) is 18.1 Å². The van der Waals surface area contributed by atoms with Crippen molar-refractivity contribution in [2.45, 2.75) is 50.6 Å². The van der Waals surface area contributed by atoms with Gasteiger partial charge in [0.15, 0.2) is 5.03 Å². The molecule has 1 aromatic heterocycles. The highest BCUT2D eigenvalue weighted by molar-refractivity contribution is 7.89. The lowest BCUT2D eigenvalue weighted by atomic mass is 9.95. The van der Waals surface area contributed by atoms with Crippen molar-refractivity contribution in [3.63, 3.8) is 0 Å². The van der Waals surface area contributed by atoms with E-state index in [0.29, 0.717) is 12.2 Å². The van der Waals surface area contributed by atoms with Gasteiger partial charge in [0, 0.05) is 18.5 Å². The van der Waals surface area contributed by atoms with E-state index < -0.39 is 15.6 Å². The molecule has 0 bridgehead atoms. The number of sulfonamides is 1. The normalized spacial score (nSPS) is 12.9. The highest BCUT2D eigenvalue weighted by atomic mass is 32.2. The number of hydrogen-bond donors (Lipinski definition) is 3. The highest BCUT2D eigenvalue weighted by Gasteiger charge is 2.24. The lowest BCUT2D eigenvalue weighted by molar-refractivity contribution is 0.391. The molecule has 0 radical (unpaired) electrons. The fourth-order valence-corrected chi connectivity index (χ4v) is 2.55. The quantitative estimate of drug-likeness (QED) is 0.683. The van der Waals surface area contributed by atoms with E-state index in [9.17, 15) is 8.42 Å². The number of aromatic amines is 1. The van der Waals surface area contributed by atoms with Crippen LogP contribution in [-0.4, -0.2) is 30.5 Å². The van der Waals surface area contributed by atoms with E-state index in [2.05, 4.69) is 14.7 Å². The van der Waals surface area contributed by atoms with E-state index in [4.69, 9.17) is 5.73 Å². The maximum atomic E-state index is 12.0. The number of hydrogen-bond acceptors (Lipinski definition) is 4. The number of aryl methyl sites for hydroxylation is 1. The fourth-order valence-electron chi connectivity index (χ4n) is 1.48. The van der Waals surface area contributed by atoms with E-state index in [0.717, 1.165) is 12.8 Å². The molecule has 0 amide bonds. The van der Waals surface area contributed by atoms with Crippen LogP contribution in [0.1, 0.15) is 39.4 Å². The molecule has 0 atom stereocenters. The van der Waals surface area contributed by atoms with Crippen LogP contribution in [0.15, 0.2) is 11.2 Å². The summed E-state index contributed by atoms with van der Waals surface area (Å²) in [6.45, 7) is 6.02. The van der Waals surface area contributed by atoms with Gasteiger partial charge in [0.05, 0.1) is 6.20 Å². The van der Waals surface area contributed by atoms with Crippen molar-refractivity contribution >= 4 is 10.0 Å². The van der Waals surface area contributed by atoms with Gasteiger partial charge >= 0.3 is 0 Å². The highest BCUT2D eigenvalue weighted by Crippen LogP contribution is 2.12. The molecule has 1 rings (SSSR count). The molecular weight excluding hydrogens is 252 g/mol. The predicted octanol–water partition coefficient (Wildman–Crippen LogP) is 0.768. The first-order valence-corrected chi connectivity index (χ1v) is 7.67. The predicted molar refractivity (Wildman–Crippen MR) is 70.7 cm³/mol. The van der Waals surface area contributed by atoms with Gasteiger partial charge in [-0.2, -0.15) is 0 Å². The Labute approximate surface area is 108 Å². The van der Waals surface area contributed by atoms with Crippen LogP contribution in [0.4, 0.5) is 0 Å². The fraction of sp³-hybridized carbons (Fsp3) is 0.727. The maximum absolute atomic E-state index is 12.0. The molecule has 0 fully saturated rings. The first-order valence-electron chi connectivity index (χ1n) is 6.19. The van der Waals surface area contributed by atoms with Gasteiger partial charge in [-0.15, -0.1) is 0 Å². The van der Waals surface area contributed by atoms with E-state index in [1.165, 1.54) is 6.20 Å². The third kappa shape index (κ3) is 3.54. The largest absolute Gasteiger partial charge is 0.332 e. The van der Waals surface area contributed by atoms with E-state index in [1.807, 2.05) is 20.8 Å². The standard InChI is InChI=1S/C11H22N4O2S/c1-4-9-13-7-10(15-9)18(16,17)14-8-11(12,5-2)6-3/h7,14H,4-6,8,12H2,1-3H3,(H,13,15). The average Bonchev–Trinajstić information content (AvgIpc) is 2.85. The summed E-state index contributed by atoms with van der Waals surface area (Å²) in [5, 5.41) is 0.0916. The molecular formula is C11H22N4O2S. The molecule has 0 unspecified atom stereocenters. The lowest BCUT2D eigenvalue weighted by Gasteiger charge is -2.26. The summed E-state index contributed by atoms with van der Waals surface area (Å²) in [6.07, 6.45) is 3.43. The van der Waals surface area contributed by atoms with Crippen molar-refractivity contribution in [2.75, 3.05) is 6.54 Å². The van der Waals surface area contributed by atoms with E-state index in [1.54, 1.807) is 0 Å². The van der Waals surface area contributed by atoms with Gasteiger partial charge in [-0.05, 0) is 12.8 Å². The molecule has 0 saturated heterocycles. The van der Waals surface area contributed by atoms with Crippen LogP contribution in [0, 0.1) is 0 Å². The van der Waals surface area contributed by atoms with Crippen LogP contribution in [0.3, 0.4) is 0 Å². The van der Waals surface area contributed by atoms with E-state index >= 15 is 0 Å². The summed E-state index contributed by atoms with van der Waals surface area (Å²) in [4.78, 5) is 6.75. The zero-order valence-corrected chi connectivity index (χ0v) is 12.0. The summed E-state index contributed by atoms with van der Waals surface area (Å²) in [6, 6.07) is 0. The van der Waals surface area contributed by atoms with E-state index in [-0.39, 0.29) is 11.6 Å². The number of rotatable bonds is 7. The van der Waals surface area contributed by atoms with Gasteiger partial charge in [0.2, 0.25) is 0 Å². The minimum Gasteiger partial charge on any atom is -0.332 e. The summed E-state index contributed by atoms with van der Waals surface area (Å²) in [7, 11) is -3.55. The Morgan fingerprint density at radius 3 is 2.44 bits per heavy atom. The van der Waals surface area contributed by atoms with Crippen molar-refractivity contribution < 1.29 is 8.42 Å². The van der Waals surface area contributed by atoms with Gasteiger partial charge in [0.1, 0.15) is 5.82 Å². The van der Waals surface area contributed by atoms with Crippen molar-refractivity contribution in [1.82, 2.24) is 14.7 Å². The second-order valence-electron chi connectivity index (χ2n) is 4.44. The second-order valence-corrected chi connectivity index (χ2v) is 6.18. The number of nitrogens with one attached hydrogen (secondary N) is 2. The summed E-state index contributed by atoms with van der Waals surface area (Å²) < 4.78 is 26.5. The summed E-state index contributed by atoms with van der Waals surface area (Å²) in [5.74, 6) is 0.653. The smallest absolute Gasteiger partial charge is 0.257 e. The molecule has 0 aliphatic heterocycles. The molecule has 18 heavy (non-hydrogen) atoms. The molecule has 4 N–H and O–H groups in total. The average molecular weight is 274 g/mol. The lowest BCUT2D eigenvalue weighted by Crippen LogP contribution is -2.49. The molecule has 104 valence electrons. The molecule has 0 saturated carbocycles. The topological polar surface area (TPSA) is 101 Å².